The Morgan fingerprint density at radius 2 is 1.71 bits per heavy atom. The van der Waals surface area contributed by atoms with Crippen LogP contribution in [0.1, 0.15) is 71.9 Å². The van der Waals surface area contributed by atoms with Crippen LogP contribution in [0.3, 0.4) is 0 Å². The number of esters is 1. The van der Waals surface area contributed by atoms with E-state index in [9.17, 15) is 14.4 Å². The number of hydrogen-bond acceptors (Lipinski definition) is 5. The third-order valence-electron chi connectivity index (χ3n) is 6.02. The van der Waals surface area contributed by atoms with Gasteiger partial charge in [0.15, 0.2) is 6.61 Å². The molecule has 1 saturated carbocycles. The first kappa shape index (κ1) is 23.4. The molecule has 1 aliphatic rings. The van der Waals surface area contributed by atoms with Gasteiger partial charge in [-0.3, -0.25) is 14.6 Å². The fourth-order valence-corrected chi connectivity index (χ4v) is 4.18. The molecule has 176 valence electrons. The fraction of sp³-hybridized carbons (Fsp3) is 0.333. The Morgan fingerprint density at radius 1 is 1.00 bits per heavy atom. The van der Waals surface area contributed by atoms with Gasteiger partial charge in [-0.15, -0.1) is 0 Å². The number of carbonyl (C=O) groups excluding carboxylic acids is 3. The van der Waals surface area contributed by atoms with Crippen LogP contribution < -0.4 is 10.6 Å². The molecule has 0 radical (unpaired) electrons. The summed E-state index contributed by atoms with van der Waals surface area (Å²) in [4.78, 5) is 42.8. The maximum Gasteiger partial charge on any atom is 0.339 e. The summed E-state index contributed by atoms with van der Waals surface area (Å²) in [6, 6.07) is 16.1. The molecule has 2 aromatic carbocycles. The average molecular weight is 460 g/mol. The molecular weight excluding hydrogens is 430 g/mol. The lowest BCUT2D eigenvalue weighted by Gasteiger charge is -2.15. The van der Waals surface area contributed by atoms with Crippen LogP contribution in [-0.4, -0.2) is 35.4 Å². The lowest BCUT2D eigenvalue weighted by atomic mass is 10.0. The van der Waals surface area contributed by atoms with Crippen LogP contribution in [0.5, 0.6) is 0 Å². The van der Waals surface area contributed by atoms with Crippen LogP contribution >= 0.6 is 0 Å². The van der Waals surface area contributed by atoms with Gasteiger partial charge in [0.2, 0.25) is 0 Å². The Kier molecular flexibility index (Phi) is 7.21. The summed E-state index contributed by atoms with van der Waals surface area (Å²) in [7, 11) is 0. The first-order chi connectivity index (χ1) is 16.4. The van der Waals surface area contributed by atoms with Gasteiger partial charge in [0, 0.05) is 17.1 Å². The molecule has 0 bridgehead atoms. The molecular formula is C27H29N3O4. The number of carbonyl (C=O) groups is 3. The summed E-state index contributed by atoms with van der Waals surface area (Å²) in [5, 5.41) is 6.40. The first-order valence-corrected chi connectivity index (χ1v) is 11.7. The molecule has 0 saturated heterocycles. The minimum absolute atomic E-state index is 0.131. The van der Waals surface area contributed by atoms with Gasteiger partial charge in [-0.2, -0.15) is 0 Å². The molecule has 1 aromatic heterocycles. The molecule has 3 aromatic rings. The fourth-order valence-electron chi connectivity index (χ4n) is 4.18. The Morgan fingerprint density at radius 3 is 2.47 bits per heavy atom. The number of hydrogen-bond donors (Lipinski definition) is 2. The number of anilines is 1. The molecule has 1 aliphatic carbocycles. The highest BCUT2D eigenvalue weighted by molar-refractivity contribution is 6.06. The van der Waals surface area contributed by atoms with Gasteiger partial charge in [-0.1, -0.05) is 57.0 Å². The predicted molar refractivity (Wildman–Crippen MR) is 131 cm³/mol. The Bertz CT molecular complexity index is 1220. The summed E-state index contributed by atoms with van der Waals surface area (Å²) in [6.45, 7) is 3.53. The summed E-state index contributed by atoms with van der Waals surface area (Å²) in [6.07, 6.45) is 4.16. The predicted octanol–water partition coefficient (Wildman–Crippen LogP) is 4.83. The molecule has 4 rings (SSSR count). The molecule has 7 nitrogen and oxygen atoms in total. The maximum absolute atomic E-state index is 12.9. The number of amides is 2. The molecule has 7 heteroatoms. The van der Waals surface area contributed by atoms with Crippen LogP contribution in [0, 0.1) is 0 Å². The number of benzene rings is 2. The van der Waals surface area contributed by atoms with E-state index in [1.54, 1.807) is 30.3 Å². The number of ether oxygens (including phenoxy) is 1. The number of fused-ring (bicyclic) bond motifs is 1. The average Bonchev–Trinajstić information content (AvgIpc) is 3.35. The minimum Gasteiger partial charge on any atom is -0.452 e. The standard InChI is InChI=1S/C27H29N3O4/c1-17(2)24-15-21(19-11-5-7-13-22(19)29-24)27(33)34-16-25(31)30-23-14-8-6-12-20(23)26(32)28-18-9-3-4-10-18/h5-8,11-15,17-18H,3-4,9-10,16H2,1-2H3,(H,28,32)(H,30,31). The van der Waals surface area contributed by atoms with Crippen molar-refractivity contribution < 1.29 is 19.1 Å². The number of aromatic nitrogens is 1. The van der Waals surface area contributed by atoms with Crippen molar-refractivity contribution in [3.05, 3.63) is 71.4 Å². The van der Waals surface area contributed by atoms with Crippen molar-refractivity contribution >= 4 is 34.4 Å². The van der Waals surface area contributed by atoms with Gasteiger partial charge in [-0.25, -0.2) is 4.79 Å². The van der Waals surface area contributed by atoms with Gasteiger partial charge >= 0.3 is 5.97 Å². The molecule has 0 atom stereocenters. The van der Waals surface area contributed by atoms with E-state index in [2.05, 4.69) is 15.6 Å². The van der Waals surface area contributed by atoms with E-state index >= 15 is 0 Å². The van der Waals surface area contributed by atoms with E-state index in [1.165, 1.54) is 0 Å². The van der Waals surface area contributed by atoms with Crippen molar-refractivity contribution in [1.82, 2.24) is 10.3 Å². The van der Waals surface area contributed by atoms with Gasteiger partial charge in [0.1, 0.15) is 0 Å². The maximum atomic E-state index is 12.9. The van der Waals surface area contributed by atoms with Crippen LogP contribution in [0.25, 0.3) is 10.9 Å². The normalized spacial score (nSPS) is 13.7. The summed E-state index contributed by atoms with van der Waals surface area (Å²) >= 11 is 0. The lowest BCUT2D eigenvalue weighted by molar-refractivity contribution is -0.119. The molecule has 0 unspecified atom stereocenters. The molecule has 1 heterocycles. The van der Waals surface area contributed by atoms with Crippen molar-refractivity contribution in [3.63, 3.8) is 0 Å². The zero-order valence-corrected chi connectivity index (χ0v) is 19.5. The van der Waals surface area contributed by atoms with Gasteiger partial charge < -0.3 is 15.4 Å². The summed E-state index contributed by atoms with van der Waals surface area (Å²) < 4.78 is 5.33. The monoisotopic (exact) mass is 459 g/mol. The summed E-state index contributed by atoms with van der Waals surface area (Å²) in [5.74, 6) is -1.20. The van der Waals surface area contributed by atoms with Crippen LogP contribution in [-0.2, 0) is 9.53 Å². The van der Waals surface area contributed by atoms with E-state index in [0.717, 1.165) is 31.4 Å². The second-order valence-electron chi connectivity index (χ2n) is 8.89. The zero-order valence-electron chi connectivity index (χ0n) is 19.5. The second kappa shape index (κ2) is 10.5. The third kappa shape index (κ3) is 5.42. The Balaban J connectivity index is 1.43. The molecule has 1 fully saturated rings. The molecule has 0 spiro atoms. The van der Waals surface area contributed by atoms with Crippen LogP contribution in [0.15, 0.2) is 54.6 Å². The zero-order chi connectivity index (χ0) is 24.1. The van der Waals surface area contributed by atoms with E-state index in [0.29, 0.717) is 27.7 Å². The highest BCUT2D eigenvalue weighted by Crippen LogP contribution is 2.23. The van der Waals surface area contributed by atoms with E-state index in [-0.39, 0.29) is 17.9 Å². The lowest BCUT2D eigenvalue weighted by Crippen LogP contribution is -2.33. The Labute approximate surface area is 198 Å². The molecule has 2 amide bonds. The van der Waals surface area contributed by atoms with Gasteiger partial charge in [0.25, 0.3) is 11.8 Å². The number of rotatable bonds is 7. The third-order valence-corrected chi connectivity index (χ3v) is 6.02. The van der Waals surface area contributed by atoms with E-state index in [1.807, 2.05) is 38.1 Å². The number of nitrogens with one attached hydrogen (secondary N) is 2. The number of para-hydroxylation sites is 2. The highest BCUT2D eigenvalue weighted by Gasteiger charge is 2.21. The number of pyridine rings is 1. The summed E-state index contributed by atoms with van der Waals surface area (Å²) in [5.41, 5.74) is 2.62. The van der Waals surface area contributed by atoms with Crippen molar-refractivity contribution in [2.75, 3.05) is 11.9 Å². The molecule has 34 heavy (non-hydrogen) atoms. The van der Waals surface area contributed by atoms with Crippen molar-refractivity contribution in [2.24, 2.45) is 0 Å². The molecule has 0 aliphatic heterocycles. The molecule has 2 N–H and O–H groups in total. The van der Waals surface area contributed by atoms with E-state index < -0.39 is 18.5 Å². The topological polar surface area (TPSA) is 97.4 Å². The SMILES string of the molecule is CC(C)c1cc(C(=O)OCC(=O)Nc2ccccc2C(=O)NC2CCCC2)c2ccccc2n1. The van der Waals surface area contributed by atoms with E-state index in [4.69, 9.17) is 4.74 Å². The number of nitrogens with zero attached hydrogens (tertiary/aromatic N) is 1. The highest BCUT2D eigenvalue weighted by atomic mass is 16.5. The van der Waals surface area contributed by atoms with Crippen LogP contribution in [0.2, 0.25) is 0 Å². The second-order valence-corrected chi connectivity index (χ2v) is 8.89. The minimum atomic E-state index is -0.595. The smallest absolute Gasteiger partial charge is 0.339 e. The van der Waals surface area contributed by atoms with Gasteiger partial charge in [-0.05, 0) is 43.0 Å². The van der Waals surface area contributed by atoms with Crippen LogP contribution in [0.4, 0.5) is 5.69 Å². The quantitative estimate of drug-likeness (QED) is 0.494. The first-order valence-electron chi connectivity index (χ1n) is 11.7. The Hall–Kier alpha value is -3.74. The van der Waals surface area contributed by atoms with Crippen molar-refractivity contribution in [1.29, 1.82) is 0 Å². The largest absolute Gasteiger partial charge is 0.452 e. The van der Waals surface area contributed by atoms with Crippen molar-refractivity contribution in [2.45, 2.75) is 51.5 Å². The van der Waals surface area contributed by atoms with Gasteiger partial charge in [0.05, 0.1) is 22.3 Å². The van der Waals surface area contributed by atoms with Crippen molar-refractivity contribution in [3.8, 4) is 0 Å².